The van der Waals surface area contributed by atoms with Gasteiger partial charge in [-0.15, -0.1) is 0 Å². The zero-order valence-corrected chi connectivity index (χ0v) is 14.6. The summed E-state index contributed by atoms with van der Waals surface area (Å²) in [5.74, 6) is 1.69. The molecule has 3 fully saturated rings. The van der Waals surface area contributed by atoms with Crippen molar-refractivity contribution in [3.63, 3.8) is 0 Å². The van der Waals surface area contributed by atoms with E-state index in [1.807, 2.05) is 17.0 Å². The summed E-state index contributed by atoms with van der Waals surface area (Å²) in [7, 11) is 0. The zero-order valence-electron chi connectivity index (χ0n) is 14.6. The van der Waals surface area contributed by atoms with E-state index in [2.05, 4.69) is 11.8 Å². The molecule has 0 radical (unpaired) electrons. The molecule has 1 spiro atoms. The molecule has 24 heavy (non-hydrogen) atoms. The van der Waals surface area contributed by atoms with Gasteiger partial charge in [0.05, 0.1) is 18.4 Å². The lowest BCUT2D eigenvalue weighted by Gasteiger charge is -2.44. The average molecular weight is 332 g/mol. The normalized spacial score (nSPS) is 34.3. The van der Waals surface area contributed by atoms with Crippen LogP contribution < -0.4 is 0 Å². The Kier molecular flexibility index (Phi) is 4.39. The number of likely N-dealkylation sites (tertiary alicyclic amines) is 2. The Morgan fingerprint density at radius 3 is 2.83 bits per heavy atom. The molecule has 0 aromatic carbocycles. The molecule has 1 aromatic rings. The Balaban J connectivity index is 1.35. The summed E-state index contributed by atoms with van der Waals surface area (Å²) in [6.45, 7) is 6.98. The van der Waals surface area contributed by atoms with Gasteiger partial charge < -0.3 is 14.1 Å². The zero-order chi connectivity index (χ0) is 16.6. The van der Waals surface area contributed by atoms with Crippen molar-refractivity contribution in [3.8, 4) is 0 Å². The molecule has 0 saturated carbocycles. The van der Waals surface area contributed by atoms with Crippen molar-refractivity contribution >= 4 is 5.91 Å². The number of hydrogen-bond acceptors (Lipinski definition) is 4. The fraction of sp³-hybridized carbons (Fsp3) is 0.737. The highest BCUT2D eigenvalue weighted by atomic mass is 16.5. The number of furan rings is 1. The topological polar surface area (TPSA) is 45.9 Å². The van der Waals surface area contributed by atoms with Gasteiger partial charge in [-0.25, -0.2) is 0 Å². The van der Waals surface area contributed by atoms with E-state index >= 15 is 0 Å². The molecule has 3 saturated heterocycles. The van der Waals surface area contributed by atoms with E-state index in [9.17, 15) is 4.79 Å². The van der Waals surface area contributed by atoms with Gasteiger partial charge in [-0.2, -0.15) is 0 Å². The number of carbonyl (C=O) groups is 1. The van der Waals surface area contributed by atoms with Gasteiger partial charge >= 0.3 is 0 Å². The predicted molar refractivity (Wildman–Crippen MR) is 90.4 cm³/mol. The third kappa shape index (κ3) is 3.00. The van der Waals surface area contributed by atoms with Crippen molar-refractivity contribution in [3.05, 3.63) is 24.2 Å². The van der Waals surface area contributed by atoms with Crippen molar-refractivity contribution in [2.45, 2.75) is 57.3 Å². The fourth-order valence-electron chi connectivity index (χ4n) is 4.64. The molecule has 132 valence electrons. The minimum absolute atomic E-state index is 0.0975. The van der Waals surface area contributed by atoms with Crippen LogP contribution in [0.3, 0.4) is 0 Å². The largest absolute Gasteiger partial charge is 0.468 e. The maximum atomic E-state index is 12.6. The maximum Gasteiger partial charge on any atom is 0.251 e. The highest BCUT2D eigenvalue weighted by molar-refractivity contribution is 5.81. The third-order valence-electron chi connectivity index (χ3n) is 6.14. The Morgan fingerprint density at radius 2 is 2.12 bits per heavy atom. The summed E-state index contributed by atoms with van der Waals surface area (Å²) in [5.41, 5.74) is -0.0975. The van der Waals surface area contributed by atoms with Crippen LogP contribution in [-0.4, -0.2) is 53.6 Å². The minimum Gasteiger partial charge on any atom is -0.468 e. The number of ether oxygens (including phenoxy) is 1. The van der Waals surface area contributed by atoms with E-state index in [1.165, 1.54) is 0 Å². The Labute approximate surface area is 143 Å². The van der Waals surface area contributed by atoms with Crippen LogP contribution in [0, 0.1) is 5.92 Å². The highest BCUT2D eigenvalue weighted by Crippen LogP contribution is 2.43. The second-order valence-corrected chi connectivity index (χ2v) is 7.71. The molecule has 0 bridgehead atoms. The highest BCUT2D eigenvalue weighted by Gasteiger charge is 2.49. The standard InChI is InChI=1S/C19H28N2O3/c1-15-13-20(14-16-5-4-12-23-16)11-8-19(15)7-6-17(24-19)18(22)21-9-2-3-10-21/h4-5,12,15,17H,2-3,6-11,13-14H2,1H3/t15-,17?,19+/m0/s1. The number of nitrogens with zero attached hydrogens (tertiary/aromatic N) is 2. The molecule has 3 aliphatic rings. The fourth-order valence-corrected chi connectivity index (χ4v) is 4.64. The monoisotopic (exact) mass is 332 g/mol. The van der Waals surface area contributed by atoms with Crippen LogP contribution in [0.25, 0.3) is 0 Å². The summed E-state index contributed by atoms with van der Waals surface area (Å²) in [5, 5.41) is 0. The molecule has 5 heteroatoms. The Morgan fingerprint density at radius 1 is 1.29 bits per heavy atom. The lowest BCUT2D eigenvalue weighted by atomic mass is 9.80. The number of piperidine rings is 1. The lowest BCUT2D eigenvalue weighted by Crippen LogP contribution is -2.51. The van der Waals surface area contributed by atoms with E-state index in [0.717, 1.165) is 70.6 Å². The van der Waals surface area contributed by atoms with E-state index in [1.54, 1.807) is 6.26 Å². The molecule has 1 aromatic heterocycles. The minimum atomic E-state index is -0.206. The quantitative estimate of drug-likeness (QED) is 0.854. The third-order valence-corrected chi connectivity index (χ3v) is 6.14. The molecule has 0 aliphatic carbocycles. The smallest absolute Gasteiger partial charge is 0.251 e. The molecule has 3 atom stereocenters. The first-order chi connectivity index (χ1) is 11.7. The predicted octanol–water partition coefficient (Wildman–Crippen LogP) is 2.66. The van der Waals surface area contributed by atoms with Gasteiger partial charge in [-0.3, -0.25) is 9.69 Å². The Hall–Kier alpha value is -1.33. The Bertz CT molecular complexity index is 567. The summed E-state index contributed by atoms with van der Waals surface area (Å²) in [6.07, 6.45) is 6.73. The van der Waals surface area contributed by atoms with Gasteiger partial charge in [-0.05, 0) is 50.2 Å². The van der Waals surface area contributed by atoms with Crippen LogP contribution in [0.2, 0.25) is 0 Å². The van der Waals surface area contributed by atoms with E-state index < -0.39 is 0 Å². The van der Waals surface area contributed by atoms with Crippen molar-refractivity contribution in [1.82, 2.24) is 9.80 Å². The first kappa shape index (κ1) is 16.2. The van der Waals surface area contributed by atoms with Gasteiger partial charge in [0.25, 0.3) is 5.91 Å². The summed E-state index contributed by atoms with van der Waals surface area (Å²) in [6, 6.07) is 3.98. The molecular weight excluding hydrogens is 304 g/mol. The molecule has 3 aliphatic heterocycles. The van der Waals surface area contributed by atoms with Crippen molar-refractivity contribution < 1.29 is 13.9 Å². The first-order valence-electron chi connectivity index (χ1n) is 9.38. The van der Waals surface area contributed by atoms with Gasteiger partial charge in [0.2, 0.25) is 0 Å². The average Bonchev–Trinajstić information content (AvgIpc) is 3.32. The number of carbonyl (C=O) groups excluding carboxylic acids is 1. The number of amides is 1. The molecular formula is C19H28N2O3. The van der Waals surface area contributed by atoms with Crippen LogP contribution >= 0.6 is 0 Å². The van der Waals surface area contributed by atoms with Gasteiger partial charge in [0.1, 0.15) is 11.9 Å². The second kappa shape index (κ2) is 6.52. The van der Waals surface area contributed by atoms with Crippen LogP contribution in [0.15, 0.2) is 22.8 Å². The van der Waals surface area contributed by atoms with Crippen molar-refractivity contribution in [1.29, 1.82) is 0 Å². The van der Waals surface area contributed by atoms with Crippen molar-refractivity contribution in [2.75, 3.05) is 26.2 Å². The molecule has 4 heterocycles. The summed E-state index contributed by atoms with van der Waals surface area (Å²) in [4.78, 5) is 17.1. The molecule has 0 N–H and O–H groups in total. The van der Waals surface area contributed by atoms with Crippen LogP contribution in [0.1, 0.15) is 44.8 Å². The van der Waals surface area contributed by atoms with E-state index in [-0.39, 0.29) is 17.6 Å². The number of rotatable bonds is 3. The first-order valence-corrected chi connectivity index (χ1v) is 9.38. The van der Waals surface area contributed by atoms with Gasteiger partial charge in [-0.1, -0.05) is 6.92 Å². The lowest BCUT2D eigenvalue weighted by molar-refractivity contribution is -0.156. The SMILES string of the molecule is C[C@H]1CN(Cc2ccco2)CC[C@]12CCC(C(=O)N1CCCC1)O2. The van der Waals surface area contributed by atoms with Gasteiger partial charge in [0.15, 0.2) is 0 Å². The molecule has 4 rings (SSSR count). The van der Waals surface area contributed by atoms with Crippen molar-refractivity contribution in [2.24, 2.45) is 5.92 Å². The maximum absolute atomic E-state index is 12.6. The molecule has 1 amide bonds. The van der Waals surface area contributed by atoms with Crippen LogP contribution in [-0.2, 0) is 16.1 Å². The van der Waals surface area contributed by atoms with Crippen LogP contribution in [0.4, 0.5) is 0 Å². The number of hydrogen-bond donors (Lipinski definition) is 0. The molecule has 5 nitrogen and oxygen atoms in total. The summed E-state index contributed by atoms with van der Waals surface area (Å²) < 4.78 is 11.9. The second-order valence-electron chi connectivity index (χ2n) is 7.71. The van der Waals surface area contributed by atoms with Gasteiger partial charge in [0, 0.05) is 26.2 Å². The molecule has 1 unspecified atom stereocenters. The summed E-state index contributed by atoms with van der Waals surface area (Å²) >= 11 is 0. The van der Waals surface area contributed by atoms with Crippen LogP contribution in [0.5, 0.6) is 0 Å². The van der Waals surface area contributed by atoms with E-state index in [4.69, 9.17) is 9.15 Å². The van der Waals surface area contributed by atoms with E-state index in [0.29, 0.717) is 5.92 Å².